The van der Waals surface area contributed by atoms with Crippen LogP contribution in [0.15, 0.2) is 16.8 Å². The number of hydrogen-bond acceptors (Lipinski definition) is 3. The van der Waals surface area contributed by atoms with E-state index in [1.54, 1.807) is 11.3 Å². The Kier molecular flexibility index (Phi) is 3.27. The fourth-order valence-electron chi connectivity index (χ4n) is 1.03. The van der Waals surface area contributed by atoms with E-state index in [4.69, 9.17) is 5.26 Å². The van der Waals surface area contributed by atoms with Crippen molar-refractivity contribution in [3.63, 3.8) is 0 Å². The first-order chi connectivity index (χ1) is 5.74. The highest BCUT2D eigenvalue weighted by Crippen LogP contribution is 2.15. The zero-order chi connectivity index (χ0) is 8.97. The second kappa shape index (κ2) is 4.24. The highest BCUT2D eigenvalue weighted by atomic mass is 32.1. The van der Waals surface area contributed by atoms with Crippen LogP contribution in [-0.2, 0) is 0 Å². The number of rotatable bonds is 3. The molecule has 0 aliphatic rings. The normalized spacial score (nSPS) is 15.1. The van der Waals surface area contributed by atoms with Crippen molar-refractivity contribution in [1.82, 2.24) is 5.32 Å². The van der Waals surface area contributed by atoms with Crippen LogP contribution < -0.4 is 5.32 Å². The van der Waals surface area contributed by atoms with Gasteiger partial charge in [0.2, 0.25) is 0 Å². The van der Waals surface area contributed by atoms with Crippen molar-refractivity contribution in [1.29, 1.82) is 5.26 Å². The van der Waals surface area contributed by atoms with Crippen molar-refractivity contribution in [3.8, 4) is 6.07 Å². The molecule has 12 heavy (non-hydrogen) atoms. The van der Waals surface area contributed by atoms with E-state index in [2.05, 4.69) is 29.8 Å². The summed E-state index contributed by atoms with van der Waals surface area (Å²) in [6, 6.07) is 4.41. The highest BCUT2D eigenvalue weighted by Gasteiger charge is 2.07. The molecule has 0 bridgehead atoms. The zero-order valence-electron chi connectivity index (χ0n) is 7.24. The molecule has 0 aromatic carbocycles. The summed E-state index contributed by atoms with van der Waals surface area (Å²) in [5, 5.41) is 15.9. The van der Waals surface area contributed by atoms with E-state index in [1.807, 2.05) is 12.3 Å². The zero-order valence-corrected chi connectivity index (χ0v) is 8.06. The van der Waals surface area contributed by atoms with Gasteiger partial charge in [-0.1, -0.05) is 0 Å². The van der Waals surface area contributed by atoms with Crippen molar-refractivity contribution >= 4 is 11.3 Å². The Bertz CT molecular complexity index is 261. The lowest BCUT2D eigenvalue weighted by molar-refractivity contribution is 0.544. The van der Waals surface area contributed by atoms with Gasteiger partial charge in [-0.25, -0.2) is 0 Å². The molecule has 1 rings (SSSR count). The van der Waals surface area contributed by atoms with E-state index in [-0.39, 0.29) is 12.1 Å². The minimum atomic E-state index is -0.0834. The van der Waals surface area contributed by atoms with Gasteiger partial charge in [0.1, 0.15) is 0 Å². The molecular formula is C9H12N2S. The largest absolute Gasteiger partial charge is 0.295 e. The van der Waals surface area contributed by atoms with Crippen molar-refractivity contribution in [2.45, 2.75) is 25.9 Å². The van der Waals surface area contributed by atoms with E-state index in [0.29, 0.717) is 0 Å². The Morgan fingerprint density at radius 3 is 2.83 bits per heavy atom. The van der Waals surface area contributed by atoms with E-state index >= 15 is 0 Å². The second-order valence-electron chi connectivity index (χ2n) is 2.80. The molecular weight excluding hydrogens is 168 g/mol. The average Bonchev–Trinajstić information content (AvgIpc) is 2.56. The van der Waals surface area contributed by atoms with Crippen molar-refractivity contribution < 1.29 is 0 Å². The molecule has 2 nitrogen and oxygen atoms in total. The summed E-state index contributed by atoms with van der Waals surface area (Å²) in [4.78, 5) is 0. The molecule has 1 heterocycles. The van der Waals surface area contributed by atoms with Gasteiger partial charge in [0, 0.05) is 6.04 Å². The van der Waals surface area contributed by atoms with Crippen LogP contribution >= 0.6 is 11.3 Å². The summed E-state index contributed by atoms with van der Waals surface area (Å²) < 4.78 is 0. The van der Waals surface area contributed by atoms with Crippen LogP contribution in [-0.4, -0.2) is 6.04 Å². The van der Waals surface area contributed by atoms with Crippen LogP contribution in [0.25, 0.3) is 0 Å². The van der Waals surface area contributed by atoms with Crippen LogP contribution in [0.5, 0.6) is 0 Å². The number of thiophene rings is 1. The van der Waals surface area contributed by atoms with Gasteiger partial charge in [-0.2, -0.15) is 16.6 Å². The summed E-state index contributed by atoms with van der Waals surface area (Å²) in [5.41, 5.74) is 1.25. The van der Waals surface area contributed by atoms with Crippen LogP contribution in [0, 0.1) is 11.3 Å². The van der Waals surface area contributed by atoms with E-state index in [0.717, 1.165) is 0 Å². The molecule has 2 atom stereocenters. The van der Waals surface area contributed by atoms with Gasteiger partial charge in [0.05, 0.1) is 12.1 Å². The monoisotopic (exact) mass is 180 g/mol. The fraction of sp³-hybridized carbons (Fsp3) is 0.444. The molecule has 0 radical (unpaired) electrons. The van der Waals surface area contributed by atoms with Gasteiger partial charge in [0.15, 0.2) is 0 Å². The van der Waals surface area contributed by atoms with Crippen LogP contribution in [0.3, 0.4) is 0 Å². The Balaban J connectivity index is 2.51. The summed E-state index contributed by atoms with van der Waals surface area (Å²) in [7, 11) is 0. The smallest absolute Gasteiger partial charge is 0.0929 e. The molecule has 2 unspecified atom stereocenters. The van der Waals surface area contributed by atoms with Crippen LogP contribution in [0.1, 0.15) is 25.5 Å². The number of nitriles is 1. The topological polar surface area (TPSA) is 35.8 Å². The van der Waals surface area contributed by atoms with Crippen molar-refractivity contribution in [2.75, 3.05) is 0 Å². The molecule has 0 spiro atoms. The van der Waals surface area contributed by atoms with Gasteiger partial charge < -0.3 is 0 Å². The lowest BCUT2D eigenvalue weighted by Crippen LogP contribution is -2.27. The Labute approximate surface area is 76.8 Å². The molecule has 1 aromatic rings. The number of nitrogens with one attached hydrogen (secondary N) is 1. The molecule has 1 N–H and O–H groups in total. The number of hydrogen-bond donors (Lipinski definition) is 1. The first kappa shape index (κ1) is 9.24. The molecule has 3 heteroatoms. The lowest BCUT2D eigenvalue weighted by Gasteiger charge is -2.13. The first-order valence-electron chi connectivity index (χ1n) is 3.92. The van der Waals surface area contributed by atoms with Gasteiger partial charge >= 0.3 is 0 Å². The predicted octanol–water partition coefficient (Wildman–Crippen LogP) is 2.31. The maximum Gasteiger partial charge on any atom is 0.0929 e. The van der Waals surface area contributed by atoms with Crippen LogP contribution in [0.4, 0.5) is 0 Å². The summed E-state index contributed by atoms with van der Waals surface area (Å²) in [6.45, 7) is 3.93. The molecule has 0 fully saturated rings. The quantitative estimate of drug-likeness (QED) is 0.774. The SMILES string of the molecule is CC(C#N)NC(C)c1ccsc1. The van der Waals surface area contributed by atoms with Crippen LogP contribution in [0.2, 0.25) is 0 Å². The fourth-order valence-corrected chi connectivity index (χ4v) is 1.78. The second-order valence-corrected chi connectivity index (χ2v) is 3.58. The Hall–Kier alpha value is -0.850. The maximum atomic E-state index is 8.57. The third-order valence-electron chi connectivity index (χ3n) is 1.74. The standard InChI is InChI=1S/C9H12N2S/c1-7(5-10)11-8(2)9-3-4-12-6-9/h3-4,6-8,11H,1-2H3. The molecule has 64 valence electrons. The van der Waals surface area contributed by atoms with E-state index < -0.39 is 0 Å². The molecule has 0 saturated heterocycles. The molecule has 0 saturated carbocycles. The average molecular weight is 180 g/mol. The van der Waals surface area contributed by atoms with Gasteiger partial charge in [-0.15, -0.1) is 0 Å². The van der Waals surface area contributed by atoms with Gasteiger partial charge in [0.25, 0.3) is 0 Å². The third-order valence-corrected chi connectivity index (χ3v) is 2.44. The maximum absolute atomic E-state index is 8.57. The number of nitrogens with zero attached hydrogens (tertiary/aromatic N) is 1. The highest BCUT2D eigenvalue weighted by molar-refractivity contribution is 7.07. The third kappa shape index (κ3) is 2.33. The van der Waals surface area contributed by atoms with E-state index in [1.165, 1.54) is 5.56 Å². The molecule has 0 amide bonds. The van der Waals surface area contributed by atoms with Gasteiger partial charge in [-0.3, -0.25) is 5.32 Å². The molecule has 1 aromatic heterocycles. The van der Waals surface area contributed by atoms with Crippen molar-refractivity contribution in [3.05, 3.63) is 22.4 Å². The molecule has 0 aliphatic carbocycles. The van der Waals surface area contributed by atoms with Crippen molar-refractivity contribution in [2.24, 2.45) is 0 Å². The Morgan fingerprint density at radius 1 is 1.58 bits per heavy atom. The minimum Gasteiger partial charge on any atom is -0.295 e. The Morgan fingerprint density at radius 2 is 2.33 bits per heavy atom. The lowest BCUT2D eigenvalue weighted by atomic mass is 10.1. The predicted molar refractivity (Wildman–Crippen MR) is 50.9 cm³/mol. The minimum absolute atomic E-state index is 0.0834. The summed E-state index contributed by atoms with van der Waals surface area (Å²) in [6.07, 6.45) is 0. The summed E-state index contributed by atoms with van der Waals surface area (Å²) >= 11 is 1.68. The van der Waals surface area contributed by atoms with Gasteiger partial charge in [-0.05, 0) is 36.2 Å². The van der Waals surface area contributed by atoms with E-state index in [9.17, 15) is 0 Å². The molecule has 0 aliphatic heterocycles. The first-order valence-corrected chi connectivity index (χ1v) is 4.86. The summed E-state index contributed by atoms with van der Waals surface area (Å²) in [5.74, 6) is 0.